The van der Waals surface area contributed by atoms with E-state index in [-0.39, 0.29) is 24.3 Å². The van der Waals surface area contributed by atoms with E-state index in [0.717, 1.165) is 32.1 Å². The molecule has 1 saturated carbocycles. The van der Waals surface area contributed by atoms with E-state index < -0.39 is 0 Å². The number of carbonyl (C=O) groups excluding carboxylic acids is 2. The van der Waals surface area contributed by atoms with Crippen LogP contribution in [0.5, 0.6) is 0 Å². The van der Waals surface area contributed by atoms with Gasteiger partial charge in [0.05, 0.1) is 25.3 Å². The largest absolute Gasteiger partial charge is 0.466 e. The van der Waals surface area contributed by atoms with Crippen LogP contribution in [0.2, 0.25) is 0 Å². The molecule has 1 aromatic heterocycles. The molecule has 0 bridgehead atoms. The Hall–Kier alpha value is -1.92. The molecule has 2 heterocycles. The Balaban J connectivity index is 1.67. The van der Waals surface area contributed by atoms with Crippen LogP contribution in [-0.4, -0.2) is 51.0 Å². The monoisotopic (exact) mass is 348 g/mol. The van der Waals surface area contributed by atoms with Crippen LogP contribution in [0.3, 0.4) is 0 Å². The van der Waals surface area contributed by atoms with Crippen LogP contribution in [0.15, 0.2) is 6.20 Å². The second-order valence-corrected chi connectivity index (χ2v) is 7.03. The van der Waals surface area contributed by atoms with Crippen molar-refractivity contribution in [1.82, 2.24) is 19.9 Å². The van der Waals surface area contributed by atoms with Gasteiger partial charge < -0.3 is 9.64 Å². The molecule has 1 aliphatic heterocycles. The highest BCUT2D eigenvalue weighted by atomic mass is 16.5. The number of likely N-dealkylation sites (tertiary alicyclic amines) is 1. The Morgan fingerprint density at radius 1 is 1.16 bits per heavy atom. The summed E-state index contributed by atoms with van der Waals surface area (Å²) in [7, 11) is 0. The minimum absolute atomic E-state index is 0.0971. The summed E-state index contributed by atoms with van der Waals surface area (Å²) < 4.78 is 6.91. The van der Waals surface area contributed by atoms with Crippen molar-refractivity contribution in [3.8, 4) is 0 Å². The van der Waals surface area contributed by atoms with Gasteiger partial charge >= 0.3 is 5.97 Å². The van der Waals surface area contributed by atoms with E-state index in [0.29, 0.717) is 24.9 Å². The predicted molar refractivity (Wildman–Crippen MR) is 92.1 cm³/mol. The molecular formula is C18H28N4O3. The Bertz CT molecular complexity index is 595. The lowest BCUT2D eigenvalue weighted by Gasteiger charge is -2.34. The number of hydrogen-bond acceptors (Lipinski definition) is 5. The van der Waals surface area contributed by atoms with Gasteiger partial charge in [0, 0.05) is 12.6 Å². The molecule has 0 aromatic carbocycles. The highest BCUT2D eigenvalue weighted by Gasteiger charge is 2.31. The minimum atomic E-state index is -0.238. The molecule has 1 aromatic rings. The van der Waals surface area contributed by atoms with Crippen molar-refractivity contribution in [3.05, 3.63) is 11.9 Å². The first-order valence-corrected chi connectivity index (χ1v) is 9.57. The van der Waals surface area contributed by atoms with Crippen LogP contribution in [-0.2, 0) is 9.53 Å². The van der Waals surface area contributed by atoms with Gasteiger partial charge in [-0.3, -0.25) is 9.59 Å². The normalized spacial score (nSPS) is 22.0. The zero-order chi connectivity index (χ0) is 17.6. The summed E-state index contributed by atoms with van der Waals surface area (Å²) in [6.45, 7) is 2.83. The van der Waals surface area contributed by atoms with Gasteiger partial charge in [0.1, 0.15) is 0 Å². The number of nitrogens with zero attached hydrogens (tertiary/aromatic N) is 4. The molecule has 2 aliphatic rings. The first kappa shape index (κ1) is 17.9. The van der Waals surface area contributed by atoms with Gasteiger partial charge in [0.15, 0.2) is 5.69 Å². The molecule has 0 N–H and O–H groups in total. The Labute approximate surface area is 148 Å². The Morgan fingerprint density at radius 2 is 1.92 bits per heavy atom. The standard InChI is InChI=1S/C18H28N4O3/c1-2-25-17(23)12-15-10-6-7-11-21(15)18(24)16-13-22(20-19-16)14-8-4-3-5-9-14/h13-15H,2-12H2,1H3. The number of hydrogen-bond donors (Lipinski definition) is 0. The number of esters is 1. The number of rotatable bonds is 5. The van der Waals surface area contributed by atoms with Gasteiger partial charge in [-0.15, -0.1) is 5.10 Å². The molecule has 1 amide bonds. The number of aromatic nitrogens is 3. The molecule has 7 heteroatoms. The van der Waals surface area contributed by atoms with Gasteiger partial charge in [-0.05, 0) is 39.0 Å². The summed E-state index contributed by atoms with van der Waals surface area (Å²) in [6, 6.07) is 0.264. The van der Waals surface area contributed by atoms with E-state index in [1.165, 1.54) is 19.3 Å². The van der Waals surface area contributed by atoms with Crippen molar-refractivity contribution >= 4 is 11.9 Å². The molecule has 25 heavy (non-hydrogen) atoms. The van der Waals surface area contributed by atoms with Crippen LogP contribution < -0.4 is 0 Å². The lowest BCUT2D eigenvalue weighted by atomic mass is 9.96. The van der Waals surface area contributed by atoms with E-state index in [1.807, 2.05) is 4.68 Å². The van der Waals surface area contributed by atoms with Crippen molar-refractivity contribution in [2.45, 2.75) is 76.8 Å². The Morgan fingerprint density at radius 3 is 2.68 bits per heavy atom. The van der Waals surface area contributed by atoms with Crippen LogP contribution in [0.4, 0.5) is 0 Å². The topological polar surface area (TPSA) is 77.3 Å². The second kappa shape index (κ2) is 8.45. The molecule has 3 rings (SSSR count). The summed E-state index contributed by atoms with van der Waals surface area (Å²) in [5.41, 5.74) is 0.390. The Kier molecular flexibility index (Phi) is 6.04. The fourth-order valence-corrected chi connectivity index (χ4v) is 3.94. The van der Waals surface area contributed by atoms with Gasteiger partial charge in [0.25, 0.3) is 5.91 Å². The van der Waals surface area contributed by atoms with Crippen LogP contribution in [0, 0.1) is 0 Å². The van der Waals surface area contributed by atoms with Crippen LogP contribution in [0.25, 0.3) is 0 Å². The maximum atomic E-state index is 12.9. The van der Waals surface area contributed by atoms with Crippen LogP contribution >= 0.6 is 0 Å². The third-order valence-electron chi connectivity index (χ3n) is 5.27. The fraction of sp³-hybridized carbons (Fsp3) is 0.778. The fourth-order valence-electron chi connectivity index (χ4n) is 3.94. The summed E-state index contributed by atoms with van der Waals surface area (Å²) in [6.07, 6.45) is 10.8. The molecule has 2 fully saturated rings. The zero-order valence-corrected chi connectivity index (χ0v) is 15.0. The van der Waals surface area contributed by atoms with Gasteiger partial charge in [-0.1, -0.05) is 24.5 Å². The second-order valence-electron chi connectivity index (χ2n) is 7.03. The molecule has 7 nitrogen and oxygen atoms in total. The lowest BCUT2D eigenvalue weighted by molar-refractivity contribution is -0.144. The average Bonchev–Trinajstić information content (AvgIpc) is 3.13. The van der Waals surface area contributed by atoms with Gasteiger partial charge in [0.2, 0.25) is 0 Å². The van der Waals surface area contributed by atoms with E-state index in [1.54, 1.807) is 18.0 Å². The van der Waals surface area contributed by atoms with Crippen LogP contribution in [0.1, 0.15) is 81.2 Å². The van der Waals surface area contributed by atoms with E-state index in [2.05, 4.69) is 10.3 Å². The zero-order valence-electron chi connectivity index (χ0n) is 15.0. The highest BCUT2D eigenvalue weighted by Crippen LogP contribution is 2.28. The summed E-state index contributed by atoms with van der Waals surface area (Å²) in [4.78, 5) is 26.5. The van der Waals surface area contributed by atoms with Crippen molar-refractivity contribution in [2.75, 3.05) is 13.2 Å². The third kappa shape index (κ3) is 4.38. The average molecular weight is 348 g/mol. The van der Waals surface area contributed by atoms with Crippen molar-refractivity contribution < 1.29 is 14.3 Å². The minimum Gasteiger partial charge on any atom is -0.466 e. The summed E-state index contributed by atoms with van der Waals surface area (Å²) >= 11 is 0. The van der Waals surface area contributed by atoms with Gasteiger partial charge in [-0.25, -0.2) is 4.68 Å². The SMILES string of the molecule is CCOC(=O)CC1CCCCN1C(=O)c1cn(C2CCCCC2)nn1. The highest BCUT2D eigenvalue weighted by molar-refractivity contribution is 5.92. The van der Waals surface area contributed by atoms with Crippen molar-refractivity contribution in [1.29, 1.82) is 0 Å². The number of piperidine rings is 1. The van der Waals surface area contributed by atoms with E-state index in [9.17, 15) is 9.59 Å². The molecular weight excluding hydrogens is 320 g/mol. The number of amides is 1. The molecule has 0 spiro atoms. The van der Waals surface area contributed by atoms with Crippen molar-refractivity contribution in [2.24, 2.45) is 0 Å². The predicted octanol–water partition coefficient (Wildman–Crippen LogP) is 2.73. The smallest absolute Gasteiger partial charge is 0.307 e. The molecule has 1 saturated heterocycles. The maximum absolute atomic E-state index is 12.9. The van der Waals surface area contributed by atoms with Gasteiger partial charge in [-0.2, -0.15) is 0 Å². The molecule has 1 aliphatic carbocycles. The molecule has 1 unspecified atom stereocenters. The first-order chi connectivity index (χ1) is 12.2. The number of ether oxygens (including phenoxy) is 1. The summed E-state index contributed by atoms with van der Waals surface area (Å²) in [5.74, 6) is -0.353. The van der Waals surface area contributed by atoms with Crippen molar-refractivity contribution in [3.63, 3.8) is 0 Å². The molecule has 1 atom stereocenters. The number of carbonyl (C=O) groups is 2. The summed E-state index contributed by atoms with van der Waals surface area (Å²) in [5, 5.41) is 8.32. The van der Waals surface area contributed by atoms with E-state index >= 15 is 0 Å². The molecule has 0 radical (unpaired) electrons. The molecule has 138 valence electrons. The lowest BCUT2D eigenvalue weighted by Crippen LogP contribution is -2.45. The first-order valence-electron chi connectivity index (χ1n) is 9.57. The van der Waals surface area contributed by atoms with E-state index in [4.69, 9.17) is 4.74 Å². The third-order valence-corrected chi connectivity index (χ3v) is 5.27. The maximum Gasteiger partial charge on any atom is 0.307 e. The quantitative estimate of drug-likeness (QED) is 0.765.